The van der Waals surface area contributed by atoms with E-state index in [-0.39, 0.29) is 0 Å². The van der Waals surface area contributed by atoms with Gasteiger partial charge in [0.05, 0.1) is 32.0 Å². The summed E-state index contributed by atoms with van der Waals surface area (Å²) in [5, 5.41) is 0. The minimum absolute atomic E-state index is 1.04. The first-order valence-corrected chi connectivity index (χ1v) is 5.30. The molecule has 15 heavy (non-hydrogen) atoms. The van der Waals surface area contributed by atoms with Gasteiger partial charge in [0.25, 0.3) is 0 Å². The molecule has 0 saturated carbocycles. The molecule has 0 fully saturated rings. The van der Waals surface area contributed by atoms with Crippen LogP contribution in [0.25, 0.3) is 5.70 Å². The molecular weight excluding hydrogens is 186 g/mol. The van der Waals surface area contributed by atoms with E-state index in [9.17, 15) is 0 Å². The zero-order valence-corrected chi connectivity index (χ0v) is 10.4. The van der Waals surface area contributed by atoms with Crippen LogP contribution in [0.2, 0.25) is 0 Å². The Balaban J connectivity index is 2.93. The minimum Gasteiger partial charge on any atom is -0.376 e. The van der Waals surface area contributed by atoms with Crippen LogP contribution in [0.5, 0.6) is 0 Å². The molecule has 0 radical (unpaired) electrons. The van der Waals surface area contributed by atoms with Gasteiger partial charge in [-0.15, -0.1) is 0 Å². The highest BCUT2D eigenvalue weighted by Gasteiger charge is 2.07. The molecule has 1 aromatic heterocycles. The van der Waals surface area contributed by atoms with Gasteiger partial charge in [-0.05, 0) is 18.2 Å². The molecule has 0 amide bonds. The quantitative estimate of drug-likeness (QED) is 0.739. The number of hydrogen-bond acceptors (Lipinski definition) is 1. The fourth-order valence-electron chi connectivity index (χ4n) is 1.54. The molecule has 1 rings (SSSR count). The summed E-state index contributed by atoms with van der Waals surface area (Å²) in [6.07, 6.45) is 4.36. The number of nitrogens with one attached hydrogen (secondary N) is 1. The third-order valence-corrected chi connectivity index (χ3v) is 2.39. The van der Waals surface area contributed by atoms with Crippen molar-refractivity contribution in [2.24, 2.45) is 7.05 Å². The summed E-state index contributed by atoms with van der Waals surface area (Å²) >= 11 is 0. The van der Waals surface area contributed by atoms with Crippen molar-refractivity contribution >= 4 is 5.70 Å². The largest absolute Gasteiger partial charge is 0.376 e. The van der Waals surface area contributed by atoms with E-state index in [1.807, 2.05) is 0 Å². The number of nitrogens with zero attached hydrogens (tertiary/aromatic N) is 2. The van der Waals surface area contributed by atoms with Crippen LogP contribution in [0.3, 0.4) is 0 Å². The highest BCUT2D eigenvalue weighted by atomic mass is 15.1. The van der Waals surface area contributed by atoms with Crippen molar-refractivity contribution in [3.8, 4) is 0 Å². The molecule has 1 aromatic rings. The third-order valence-electron chi connectivity index (χ3n) is 2.39. The summed E-state index contributed by atoms with van der Waals surface area (Å²) in [5.41, 5.74) is 2.55. The highest BCUT2D eigenvalue weighted by Crippen LogP contribution is 2.15. The lowest BCUT2D eigenvalue weighted by molar-refractivity contribution is -0.851. The van der Waals surface area contributed by atoms with Crippen molar-refractivity contribution in [3.63, 3.8) is 0 Å². The normalized spacial score (nSPS) is 12.3. The van der Waals surface area contributed by atoms with Crippen LogP contribution in [0.1, 0.15) is 5.69 Å². The van der Waals surface area contributed by atoms with Gasteiger partial charge in [0.2, 0.25) is 0 Å². The van der Waals surface area contributed by atoms with Crippen LogP contribution in [-0.4, -0.2) is 44.2 Å². The summed E-state index contributed by atoms with van der Waals surface area (Å²) in [5.74, 6) is 0. The molecule has 0 aliphatic rings. The van der Waals surface area contributed by atoms with Gasteiger partial charge in [-0.25, -0.2) is 0 Å². The van der Waals surface area contributed by atoms with Gasteiger partial charge in [-0.2, -0.15) is 0 Å². The predicted molar refractivity (Wildman–Crippen MR) is 64.8 cm³/mol. The van der Waals surface area contributed by atoms with Gasteiger partial charge in [0, 0.05) is 27.3 Å². The third kappa shape index (κ3) is 3.13. The molecule has 1 heterocycles. The van der Waals surface area contributed by atoms with Crippen LogP contribution in [0, 0.1) is 0 Å². The average molecular weight is 208 g/mol. The molecule has 1 N–H and O–H groups in total. The number of likely N-dealkylation sites (N-methyl/N-ethyl adjacent to an activating group) is 1. The molecule has 0 atom stereocenters. The molecule has 0 unspecified atom stereocenters. The topological polar surface area (TPSA) is 12.6 Å². The Kier molecular flexibility index (Phi) is 3.97. The molecule has 0 bridgehead atoms. The van der Waals surface area contributed by atoms with E-state index in [4.69, 9.17) is 0 Å². The lowest BCUT2D eigenvalue weighted by atomic mass is 10.2. The monoisotopic (exact) mass is 208 g/mol. The number of hydrogen-bond donors (Lipinski definition) is 1. The SMILES string of the molecule is CN(C)/C(=C\C[NH+](C)C)c1cccn1C. The summed E-state index contributed by atoms with van der Waals surface area (Å²) in [6, 6.07) is 4.23. The van der Waals surface area contributed by atoms with E-state index in [0.717, 1.165) is 6.54 Å². The van der Waals surface area contributed by atoms with Gasteiger partial charge >= 0.3 is 0 Å². The van der Waals surface area contributed by atoms with Crippen molar-refractivity contribution < 1.29 is 4.90 Å². The molecule has 0 aliphatic heterocycles. The molecule has 0 spiro atoms. The molecule has 0 aliphatic carbocycles. The van der Waals surface area contributed by atoms with E-state index < -0.39 is 0 Å². The van der Waals surface area contributed by atoms with Crippen molar-refractivity contribution in [2.75, 3.05) is 34.7 Å². The summed E-state index contributed by atoms with van der Waals surface area (Å²) in [7, 11) is 10.6. The van der Waals surface area contributed by atoms with E-state index in [1.165, 1.54) is 16.3 Å². The van der Waals surface area contributed by atoms with Crippen LogP contribution in [-0.2, 0) is 7.05 Å². The van der Waals surface area contributed by atoms with E-state index in [0.29, 0.717) is 0 Å². The van der Waals surface area contributed by atoms with Crippen molar-refractivity contribution in [1.82, 2.24) is 9.47 Å². The molecular formula is C12H22N3+. The van der Waals surface area contributed by atoms with Gasteiger partial charge in [-0.3, -0.25) is 0 Å². The fourth-order valence-corrected chi connectivity index (χ4v) is 1.54. The van der Waals surface area contributed by atoms with E-state index in [1.54, 1.807) is 0 Å². The van der Waals surface area contributed by atoms with E-state index >= 15 is 0 Å². The lowest BCUT2D eigenvalue weighted by Crippen LogP contribution is -3.05. The Bertz CT molecular complexity index is 334. The maximum absolute atomic E-state index is 2.28. The maximum Gasteiger partial charge on any atom is 0.0977 e. The zero-order valence-electron chi connectivity index (χ0n) is 10.4. The number of aryl methyl sites for hydroxylation is 1. The average Bonchev–Trinajstić information content (AvgIpc) is 2.51. The number of quaternary nitrogens is 1. The van der Waals surface area contributed by atoms with E-state index in [2.05, 4.69) is 69.1 Å². The fraction of sp³-hybridized carbons (Fsp3) is 0.500. The first kappa shape index (κ1) is 11.9. The molecule has 3 heteroatoms. The Morgan fingerprint density at radius 2 is 2.13 bits per heavy atom. The van der Waals surface area contributed by atoms with Crippen molar-refractivity contribution in [3.05, 3.63) is 30.1 Å². The molecule has 3 nitrogen and oxygen atoms in total. The Morgan fingerprint density at radius 3 is 2.53 bits per heavy atom. The van der Waals surface area contributed by atoms with Crippen molar-refractivity contribution in [1.29, 1.82) is 0 Å². The van der Waals surface area contributed by atoms with Crippen LogP contribution >= 0.6 is 0 Å². The highest BCUT2D eigenvalue weighted by molar-refractivity contribution is 5.61. The first-order chi connectivity index (χ1) is 7.02. The Morgan fingerprint density at radius 1 is 1.47 bits per heavy atom. The molecule has 0 aromatic carbocycles. The number of aromatic nitrogens is 1. The van der Waals surface area contributed by atoms with Crippen molar-refractivity contribution in [2.45, 2.75) is 0 Å². The Labute approximate surface area is 92.6 Å². The van der Waals surface area contributed by atoms with Crippen LogP contribution in [0.15, 0.2) is 24.4 Å². The van der Waals surface area contributed by atoms with Crippen LogP contribution in [0.4, 0.5) is 0 Å². The Hall–Kier alpha value is -1.22. The number of rotatable bonds is 4. The second-order valence-electron chi connectivity index (χ2n) is 4.40. The zero-order chi connectivity index (χ0) is 11.4. The van der Waals surface area contributed by atoms with Gasteiger partial charge in [0.1, 0.15) is 0 Å². The molecule has 0 saturated heterocycles. The standard InChI is InChI=1S/C12H21N3/c1-13(2)10-8-11(14(3)4)12-7-6-9-15(12)5/h6-9H,10H2,1-5H3/p+1/b11-8-. The summed E-state index contributed by atoms with van der Waals surface area (Å²) in [4.78, 5) is 3.60. The summed E-state index contributed by atoms with van der Waals surface area (Å²) < 4.78 is 2.15. The second kappa shape index (κ2) is 5.03. The van der Waals surface area contributed by atoms with Crippen LogP contribution < -0.4 is 4.90 Å². The van der Waals surface area contributed by atoms with Gasteiger partial charge < -0.3 is 14.4 Å². The molecule has 84 valence electrons. The maximum atomic E-state index is 2.28. The second-order valence-corrected chi connectivity index (χ2v) is 4.40. The van der Waals surface area contributed by atoms with Gasteiger partial charge in [-0.1, -0.05) is 0 Å². The first-order valence-electron chi connectivity index (χ1n) is 5.30. The summed E-state index contributed by atoms with van der Waals surface area (Å²) in [6.45, 7) is 1.04. The predicted octanol–water partition coefficient (Wildman–Crippen LogP) is 0.0721. The minimum atomic E-state index is 1.04. The lowest BCUT2D eigenvalue weighted by Gasteiger charge is -2.18. The van der Waals surface area contributed by atoms with Gasteiger partial charge in [0.15, 0.2) is 0 Å². The smallest absolute Gasteiger partial charge is 0.0977 e.